The topological polar surface area (TPSA) is 94.0 Å². The van der Waals surface area contributed by atoms with Gasteiger partial charge in [-0.25, -0.2) is 18.4 Å². The molecule has 2 aromatic rings. The standard InChI is InChI=1S/C13H14F2N4O2/c1-8(12(16)20)13(21,5-19-7-17-6-18-19)10-4-9(14)2-3-11(10)15/h2-4,6-8,21H,5H2,1H3,(H2,16,20)/t8-,13?/m0/s1. The first-order valence-corrected chi connectivity index (χ1v) is 6.14. The van der Waals surface area contributed by atoms with E-state index in [1.54, 1.807) is 0 Å². The summed E-state index contributed by atoms with van der Waals surface area (Å²) in [7, 11) is 0. The summed E-state index contributed by atoms with van der Waals surface area (Å²) in [6, 6.07) is 2.64. The first-order chi connectivity index (χ1) is 9.84. The molecular weight excluding hydrogens is 282 g/mol. The van der Waals surface area contributed by atoms with E-state index in [1.807, 2.05) is 0 Å². The molecule has 6 nitrogen and oxygen atoms in total. The number of hydrogen-bond donors (Lipinski definition) is 2. The highest BCUT2D eigenvalue weighted by Gasteiger charge is 2.42. The monoisotopic (exact) mass is 296 g/mol. The molecule has 0 aliphatic rings. The van der Waals surface area contributed by atoms with Gasteiger partial charge >= 0.3 is 0 Å². The number of primary amides is 1. The summed E-state index contributed by atoms with van der Waals surface area (Å²) in [5.41, 5.74) is 2.81. The smallest absolute Gasteiger partial charge is 0.223 e. The van der Waals surface area contributed by atoms with Crippen molar-refractivity contribution in [1.29, 1.82) is 0 Å². The summed E-state index contributed by atoms with van der Waals surface area (Å²) in [4.78, 5) is 15.1. The molecule has 2 atom stereocenters. The minimum absolute atomic E-state index is 0.294. The third kappa shape index (κ3) is 2.89. The van der Waals surface area contributed by atoms with E-state index in [4.69, 9.17) is 5.73 Å². The molecule has 0 radical (unpaired) electrons. The highest BCUT2D eigenvalue weighted by Crippen LogP contribution is 2.33. The summed E-state index contributed by atoms with van der Waals surface area (Å²) in [6.07, 6.45) is 2.51. The Morgan fingerprint density at radius 1 is 1.52 bits per heavy atom. The van der Waals surface area contributed by atoms with Crippen LogP contribution in [0.5, 0.6) is 0 Å². The quantitative estimate of drug-likeness (QED) is 0.843. The highest BCUT2D eigenvalue weighted by molar-refractivity contribution is 5.77. The van der Waals surface area contributed by atoms with Crippen molar-refractivity contribution in [3.63, 3.8) is 0 Å². The molecule has 0 saturated carbocycles. The van der Waals surface area contributed by atoms with Crippen LogP contribution >= 0.6 is 0 Å². The zero-order valence-electron chi connectivity index (χ0n) is 11.2. The van der Waals surface area contributed by atoms with Gasteiger partial charge in [0.25, 0.3) is 0 Å². The SMILES string of the molecule is C[C@@H](C(N)=O)C(O)(Cn1cncn1)c1cc(F)ccc1F. The minimum Gasteiger partial charge on any atom is -0.382 e. The predicted octanol–water partition coefficient (Wildman–Crippen LogP) is 0.565. The number of amides is 1. The Kier molecular flexibility index (Phi) is 3.99. The normalized spacial score (nSPS) is 15.4. The van der Waals surface area contributed by atoms with E-state index in [0.717, 1.165) is 18.2 Å². The van der Waals surface area contributed by atoms with Crippen molar-refractivity contribution in [2.75, 3.05) is 0 Å². The van der Waals surface area contributed by atoms with Gasteiger partial charge in [0.05, 0.1) is 12.5 Å². The Morgan fingerprint density at radius 2 is 2.24 bits per heavy atom. The van der Waals surface area contributed by atoms with Crippen molar-refractivity contribution < 1.29 is 18.7 Å². The molecule has 0 fully saturated rings. The molecule has 8 heteroatoms. The summed E-state index contributed by atoms with van der Waals surface area (Å²) < 4.78 is 28.6. The average molecular weight is 296 g/mol. The summed E-state index contributed by atoms with van der Waals surface area (Å²) in [5.74, 6) is -3.59. The number of nitrogens with two attached hydrogens (primary N) is 1. The van der Waals surface area contributed by atoms with E-state index in [-0.39, 0.29) is 12.1 Å². The molecule has 2 rings (SSSR count). The molecule has 0 bridgehead atoms. The lowest BCUT2D eigenvalue weighted by molar-refractivity contribution is -0.133. The summed E-state index contributed by atoms with van der Waals surface area (Å²) >= 11 is 0. The van der Waals surface area contributed by atoms with Gasteiger partial charge in [-0.05, 0) is 18.2 Å². The fourth-order valence-corrected chi connectivity index (χ4v) is 2.08. The molecule has 0 saturated heterocycles. The zero-order valence-corrected chi connectivity index (χ0v) is 11.2. The van der Waals surface area contributed by atoms with Gasteiger partial charge in [0.15, 0.2) is 0 Å². The molecule has 1 heterocycles. The molecular formula is C13H14F2N4O2. The molecule has 21 heavy (non-hydrogen) atoms. The number of carbonyl (C=O) groups excluding carboxylic acids is 1. The second-order valence-electron chi connectivity index (χ2n) is 4.77. The van der Waals surface area contributed by atoms with Gasteiger partial charge in [-0.2, -0.15) is 5.10 Å². The van der Waals surface area contributed by atoms with Gasteiger partial charge < -0.3 is 10.8 Å². The van der Waals surface area contributed by atoms with Crippen molar-refractivity contribution in [3.05, 3.63) is 48.1 Å². The predicted molar refractivity (Wildman–Crippen MR) is 68.6 cm³/mol. The van der Waals surface area contributed by atoms with Crippen LogP contribution in [0.15, 0.2) is 30.9 Å². The number of benzene rings is 1. The van der Waals surface area contributed by atoms with Crippen LogP contribution < -0.4 is 5.73 Å². The highest BCUT2D eigenvalue weighted by atomic mass is 19.1. The van der Waals surface area contributed by atoms with E-state index in [9.17, 15) is 18.7 Å². The first kappa shape index (κ1) is 15.0. The molecule has 1 amide bonds. The lowest BCUT2D eigenvalue weighted by Crippen LogP contribution is -2.45. The lowest BCUT2D eigenvalue weighted by atomic mass is 9.81. The number of aromatic nitrogens is 3. The maximum atomic E-state index is 14.0. The number of halogens is 2. The van der Waals surface area contributed by atoms with E-state index >= 15 is 0 Å². The third-order valence-corrected chi connectivity index (χ3v) is 3.41. The average Bonchev–Trinajstić information content (AvgIpc) is 2.93. The van der Waals surface area contributed by atoms with Crippen molar-refractivity contribution in [1.82, 2.24) is 14.8 Å². The Morgan fingerprint density at radius 3 is 2.81 bits per heavy atom. The van der Waals surface area contributed by atoms with Gasteiger partial charge in [0, 0.05) is 5.56 Å². The first-order valence-electron chi connectivity index (χ1n) is 6.14. The molecule has 3 N–H and O–H groups in total. The van der Waals surface area contributed by atoms with Crippen molar-refractivity contribution in [2.45, 2.75) is 19.1 Å². The van der Waals surface area contributed by atoms with Gasteiger partial charge in [0.1, 0.15) is 29.9 Å². The fraction of sp³-hybridized carbons (Fsp3) is 0.308. The van der Waals surface area contributed by atoms with Crippen LogP contribution in [0.3, 0.4) is 0 Å². The Hall–Kier alpha value is -2.35. The fourth-order valence-electron chi connectivity index (χ4n) is 2.08. The number of carbonyl (C=O) groups is 1. The van der Waals surface area contributed by atoms with Crippen LogP contribution in [0.2, 0.25) is 0 Å². The van der Waals surface area contributed by atoms with E-state index < -0.39 is 29.1 Å². The third-order valence-electron chi connectivity index (χ3n) is 3.41. The van der Waals surface area contributed by atoms with Gasteiger partial charge in [0.2, 0.25) is 5.91 Å². The van der Waals surface area contributed by atoms with Crippen LogP contribution in [0.1, 0.15) is 12.5 Å². The molecule has 1 aromatic carbocycles. The maximum absolute atomic E-state index is 14.0. The zero-order chi connectivity index (χ0) is 15.6. The Labute approximate surface area is 119 Å². The number of rotatable bonds is 5. The van der Waals surface area contributed by atoms with E-state index in [0.29, 0.717) is 0 Å². The van der Waals surface area contributed by atoms with E-state index in [2.05, 4.69) is 10.1 Å². The second kappa shape index (κ2) is 5.57. The molecule has 0 aliphatic carbocycles. The van der Waals surface area contributed by atoms with Crippen LogP contribution in [0, 0.1) is 17.6 Å². The van der Waals surface area contributed by atoms with Crippen LogP contribution in [-0.4, -0.2) is 25.8 Å². The van der Waals surface area contributed by atoms with Gasteiger partial charge in [-0.1, -0.05) is 6.92 Å². The van der Waals surface area contributed by atoms with Crippen LogP contribution in [0.4, 0.5) is 8.78 Å². The minimum atomic E-state index is -2.05. The second-order valence-corrected chi connectivity index (χ2v) is 4.77. The molecule has 112 valence electrons. The van der Waals surface area contributed by atoms with E-state index in [1.165, 1.54) is 24.3 Å². The molecule has 0 aliphatic heterocycles. The summed E-state index contributed by atoms with van der Waals surface area (Å²) in [5, 5.41) is 14.6. The van der Waals surface area contributed by atoms with Gasteiger partial charge in [-0.15, -0.1) is 0 Å². The molecule has 0 spiro atoms. The molecule has 1 unspecified atom stereocenters. The van der Waals surface area contributed by atoms with Crippen molar-refractivity contribution in [2.24, 2.45) is 11.7 Å². The van der Waals surface area contributed by atoms with Gasteiger partial charge in [-0.3, -0.25) is 4.79 Å². The number of hydrogen-bond acceptors (Lipinski definition) is 4. The molecule has 1 aromatic heterocycles. The summed E-state index contributed by atoms with van der Waals surface area (Å²) in [6.45, 7) is 1.04. The number of aliphatic hydroxyl groups is 1. The lowest BCUT2D eigenvalue weighted by Gasteiger charge is -2.33. The van der Waals surface area contributed by atoms with Crippen molar-refractivity contribution in [3.8, 4) is 0 Å². The maximum Gasteiger partial charge on any atom is 0.223 e. The van der Waals surface area contributed by atoms with Crippen molar-refractivity contribution >= 4 is 5.91 Å². The largest absolute Gasteiger partial charge is 0.382 e. The number of nitrogens with zero attached hydrogens (tertiary/aromatic N) is 3. The Bertz CT molecular complexity index is 648. The van der Waals surface area contributed by atoms with Crippen LogP contribution in [0.25, 0.3) is 0 Å². The Balaban J connectivity index is 2.54. The van der Waals surface area contributed by atoms with Crippen LogP contribution in [-0.2, 0) is 16.9 Å².